The smallest absolute Gasteiger partial charge is 0.307 e. The number of carboxylic acids is 1. The van der Waals surface area contributed by atoms with Gasteiger partial charge in [-0.2, -0.15) is 5.26 Å². The summed E-state index contributed by atoms with van der Waals surface area (Å²) in [6.45, 7) is 9.24. The Morgan fingerprint density at radius 3 is 2.40 bits per heavy atom. The third-order valence-electron chi connectivity index (χ3n) is 3.10. The van der Waals surface area contributed by atoms with Gasteiger partial charge in [-0.3, -0.25) is 4.79 Å². The summed E-state index contributed by atoms with van der Waals surface area (Å²) in [5, 5.41) is 17.8. The number of nitriles is 1. The van der Waals surface area contributed by atoms with Crippen molar-refractivity contribution in [2.75, 3.05) is 0 Å². The van der Waals surface area contributed by atoms with E-state index in [0.29, 0.717) is 11.1 Å². The minimum absolute atomic E-state index is 0.0543. The van der Waals surface area contributed by atoms with Gasteiger partial charge in [-0.15, -0.1) is 0 Å². The van der Waals surface area contributed by atoms with Crippen LogP contribution in [-0.2, 0) is 4.79 Å². The average molecular weight is 205 g/mol. The number of rotatable bonds is 3. The van der Waals surface area contributed by atoms with E-state index in [4.69, 9.17) is 10.4 Å². The second-order valence-corrected chi connectivity index (χ2v) is 4.64. The molecule has 1 rings (SSSR count). The van der Waals surface area contributed by atoms with Gasteiger partial charge in [0.1, 0.15) is 0 Å². The van der Waals surface area contributed by atoms with E-state index >= 15 is 0 Å². The average Bonchev–Trinajstić information content (AvgIpc) is 2.63. The van der Waals surface area contributed by atoms with Crippen molar-refractivity contribution in [3.63, 3.8) is 0 Å². The molecule has 3 heteroatoms. The topological polar surface area (TPSA) is 61.1 Å². The van der Waals surface area contributed by atoms with Crippen LogP contribution in [0.3, 0.4) is 0 Å². The monoisotopic (exact) mass is 205 g/mol. The number of aliphatic carboxylic acids is 1. The fourth-order valence-corrected chi connectivity index (χ4v) is 1.91. The Hall–Kier alpha value is -1.56. The van der Waals surface area contributed by atoms with E-state index in [0.717, 1.165) is 0 Å². The van der Waals surface area contributed by atoms with Crippen molar-refractivity contribution in [1.29, 1.82) is 5.26 Å². The van der Waals surface area contributed by atoms with Crippen LogP contribution in [0.2, 0.25) is 0 Å². The Bertz CT molecular complexity index is 385. The van der Waals surface area contributed by atoms with E-state index < -0.39 is 5.97 Å². The van der Waals surface area contributed by atoms with E-state index in [1.165, 1.54) is 0 Å². The maximum atomic E-state index is 10.9. The van der Waals surface area contributed by atoms with Crippen LogP contribution in [0.1, 0.15) is 20.8 Å². The van der Waals surface area contributed by atoms with E-state index in [2.05, 4.69) is 6.58 Å². The van der Waals surface area contributed by atoms with Crippen LogP contribution in [0.25, 0.3) is 0 Å². The van der Waals surface area contributed by atoms with E-state index in [1.54, 1.807) is 13.0 Å². The molecule has 15 heavy (non-hydrogen) atoms. The van der Waals surface area contributed by atoms with Gasteiger partial charge in [0.05, 0.1) is 17.6 Å². The number of allylic oxidation sites excluding steroid dienone is 3. The minimum Gasteiger partial charge on any atom is -0.481 e. The van der Waals surface area contributed by atoms with E-state index in [1.807, 2.05) is 19.9 Å². The molecule has 1 aliphatic carbocycles. The lowest BCUT2D eigenvalue weighted by molar-refractivity contribution is -0.139. The third kappa shape index (κ3) is 1.94. The van der Waals surface area contributed by atoms with Gasteiger partial charge in [0, 0.05) is 0 Å². The van der Waals surface area contributed by atoms with Crippen LogP contribution in [0.5, 0.6) is 0 Å². The Balaban J connectivity index is 2.91. The second kappa shape index (κ2) is 3.54. The molecular formula is C12H15NO2. The molecular weight excluding hydrogens is 190 g/mol. The lowest BCUT2D eigenvalue weighted by Crippen LogP contribution is -2.03. The minimum atomic E-state index is -0.791. The Morgan fingerprint density at radius 1 is 1.60 bits per heavy atom. The van der Waals surface area contributed by atoms with Gasteiger partial charge in [0.25, 0.3) is 0 Å². The molecule has 0 bridgehead atoms. The fraction of sp³-hybridized carbons (Fsp3) is 0.500. The predicted octanol–water partition coefficient (Wildman–Crippen LogP) is 2.37. The van der Waals surface area contributed by atoms with E-state index in [-0.39, 0.29) is 17.3 Å². The third-order valence-corrected chi connectivity index (χ3v) is 3.10. The molecule has 0 aromatic carbocycles. The molecule has 3 nitrogen and oxygen atoms in total. The molecule has 0 spiro atoms. The van der Waals surface area contributed by atoms with Crippen LogP contribution in [0.4, 0.5) is 0 Å². The summed E-state index contributed by atoms with van der Waals surface area (Å²) in [5.41, 5.74) is 0.935. The number of carboxylic acid groups (broad SMARTS) is 1. The zero-order valence-electron chi connectivity index (χ0n) is 9.24. The van der Waals surface area contributed by atoms with Crippen molar-refractivity contribution < 1.29 is 9.90 Å². The molecule has 1 unspecified atom stereocenters. The van der Waals surface area contributed by atoms with Crippen LogP contribution in [-0.4, -0.2) is 11.1 Å². The van der Waals surface area contributed by atoms with Crippen molar-refractivity contribution in [3.05, 3.63) is 23.8 Å². The number of carbonyl (C=O) groups is 1. The van der Waals surface area contributed by atoms with Crippen molar-refractivity contribution in [2.45, 2.75) is 20.8 Å². The highest BCUT2D eigenvalue weighted by Gasteiger charge is 2.61. The molecule has 0 heterocycles. The molecule has 1 N–H and O–H groups in total. The zero-order valence-corrected chi connectivity index (χ0v) is 9.24. The molecule has 2 atom stereocenters. The summed E-state index contributed by atoms with van der Waals surface area (Å²) in [7, 11) is 0. The first-order valence-corrected chi connectivity index (χ1v) is 4.83. The van der Waals surface area contributed by atoms with E-state index in [9.17, 15) is 4.79 Å². The summed E-state index contributed by atoms with van der Waals surface area (Å²) in [6, 6.07) is 2.04. The summed E-state index contributed by atoms with van der Waals surface area (Å²) < 4.78 is 0. The molecule has 80 valence electrons. The van der Waals surface area contributed by atoms with Gasteiger partial charge >= 0.3 is 5.97 Å². The van der Waals surface area contributed by atoms with Crippen LogP contribution < -0.4 is 0 Å². The normalized spacial score (nSPS) is 28.0. The van der Waals surface area contributed by atoms with Gasteiger partial charge in [-0.1, -0.05) is 26.5 Å². The highest BCUT2D eigenvalue weighted by atomic mass is 16.4. The Labute approximate surface area is 89.7 Å². The predicted molar refractivity (Wildman–Crippen MR) is 56.9 cm³/mol. The summed E-state index contributed by atoms with van der Waals surface area (Å²) >= 11 is 0. The molecule has 0 aromatic rings. The largest absolute Gasteiger partial charge is 0.481 e. The Morgan fingerprint density at radius 2 is 2.13 bits per heavy atom. The highest BCUT2D eigenvalue weighted by Crippen LogP contribution is 2.59. The van der Waals surface area contributed by atoms with Crippen LogP contribution in [0, 0.1) is 28.6 Å². The maximum absolute atomic E-state index is 10.9. The first-order chi connectivity index (χ1) is 6.82. The van der Waals surface area contributed by atoms with Gasteiger partial charge < -0.3 is 5.11 Å². The molecule has 1 saturated carbocycles. The molecule has 1 aliphatic rings. The van der Waals surface area contributed by atoms with Crippen molar-refractivity contribution >= 4 is 5.97 Å². The summed E-state index contributed by atoms with van der Waals surface area (Å²) in [4.78, 5) is 10.9. The fourth-order valence-electron chi connectivity index (χ4n) is 1.91. The van der Waals surface area contributed by atoms with Gasteiger partial charge in [-0.05, 0) is 23.8 Å². The molecule has 0 aliphatic heterocycles. The van der Waals surface area contributed by atoms with Crippen LogP contribution >= 0.6 is 0 Å². The number of hydrogen-bond donors (Lipinski definition) is 1. The molecule has 0 aromatic heterocycles. The van der Waals surface area contributed by atoms with Gasteiger partial charge in [0.2, 0.25) is 0 Å². The first kappa shape index (κ1) is 11.5. The van der Waals surface area contributed by atoms with Gasteiger partial charge in [-0.25, -0.2) is 0 Å². The van der Waals surface area contributed by atoms with Crippen LogP contribution in [0.15, 0.2) is 23.8 Å². The standard InChI is InChI=1S/C12H15NO2/c1-7(2)8(6-13)5-9-10(11(14)15)12(9,3)4/h5,9-10H,1H2,2-4H3,(H,14,15)/b8-5+/t9?,10-/m0/s1. The van der Waals surface area contributed by atoms with Gasteiger partial charge in [0.15, 0.2) is 0 Å². The highest BCUT2D eigenvalue weighted by molar-refractivity contribution is 5.76. The lowest BCUT2D eigenvalue weighted by Gasteiger charge is -1.98. The molecule has 1 fully saturated rings. The van der Waals surface area contributed by atoms with Crippen molar-refractivity contribution in [2.24, 2.45) is 17.3 Å². The van der Waals surface area contributed by atoms with Crippen molar-refractivity contribution in [3.8, 4) is 6.07 Å². The molecule has 0 saturated heterocycles. The lowest BCUT2D eigenvalue weighted by atomic mass is 10.0. The molecule has 0 radical (unpaired) electrons. The second-order valence-electron chi connectivity index (χ2n) is 4.64. The Kier molecular flexibility index (Phi) is 2.72. The first-order valence-electron chi connectivity index (χ1n) is 4.83. The quantitative estimate of drug-likeness (QED) is 0.568. The summed E-state index contributed by atoms with van der Waals surface area (Å²) in [6.07, 6.45) is 1.74. The maximum Gasteiger partial charge on any atom is 0.307 e. The SMILES string of the molecule is C=C(C)/C(C#N)=C/C1[C@@H](C(=O)O)C1(C)C. The zero-order chi connectivity index (χ0) is 11.8. The van der Waals surface area contributed by atoms with Crippen molar-refractivity contribution in [1.82, 2.24) is 0 Å². The molecule has 0 amide bonds. The number of hydrogen-bond acceptors (Lipinski definition) is 2. The summed E-state index contributed by atoms with van der Waals surface area (Å²) in [5.74, 6) is -1.22. The number of nitrogens with zero attached hydrogens (tertiary/aromatic N) is 1.